The topological polar surface area (TPSA) is 139 Å². The molecule has 10 nitrogen and oxygen atoms in total. The van der Waals surface area contributed by atoms with Crippen LogP contribution in [0.15, 0.2) is 42.6 Å². The van der Waals surface area contributed by atoms with Gasteiger partial charge in [0.25, 0.3) is 5.91 Å². The average Bonchev–Trinajstić information content (AvgIpc) is 3.48. The highest BCUT2D eigenvalue weighted by molar-refractivity contribution is 6.01. The van der Waals surface area contributed by atoms with Gasteiger partial charge in [0.2, 0.25) is 5.82 Å². The number of ether oxygens (including phenoxy) is 2. The minimum absolute atomic E-state index is 0.0399. The van der Waals surface area contributed by atoms with Gasteiger partial charge in [-0.3, -0.25) is 19.6 Å². The van der Waals surface area contributed by atoms with Crippen molar-refractivity contribution in [2.75, 3.05) is 11.9 Å². The number of benzene rings is 1. The number of carbonyl (C=O) groups is 2. The summed E-state index contributed by atoms with van der Waals surface area (Å²) >= 11 is 0. The van der Waals surface area contributed by atoms with E-state index in [1.165, 1.54) is 24.4 Å². The van der Waals surface area contributed by atoms with Crippen molar-refractivity contribution < 1.29 is 28.6 Å². The number of aromatic amines is 1. The van der Waals surface area contributed by atoms with Crippen LogP contribution in [0.25, 0.3) is 0 Å². The smallest absolute Gasteiger partial charge is 0.320 e. The number of pyridine rings is 1. The largest absolute Gasteiger partial charge is 0.481 e. The summed E-state index contributed by atoms with van der Waals surface area (Å²) in [7, 11) is 0. The second-order valence-electron chi connectivity index (χ2n) is 9.08. The number of carboxylic acids is 1. The van der Waals surface area contributed by atoms with Crippen LogP contribution in [0, 0.1) is 17.2 Å². The molecule has 3 atom stereocenters. The van der Waals surface area contributed by atoms with Gasteiger partial charge < -0.3 is 19.9 Å². The number of aromatic nitrogens is 4. The molecule has 1 aromatic carbocycles. The highest BCUT2D eigenvalue weighted by Gasteiger charge is 2.45. The molecule has 3 aromatic rings. The third-order valence-electron chi connectivity index (χ3n) is 6.65. The summed E-state index contributed by atoms with van der Waals surface area (Å²) in [5.74, 6) is -1.84. The van der Waals surface area contributed by atoms with E-state index in [9.17, 15) is 19.1 Å². The maximum atomic E-state index is 13.3. The summed E-state index contributed by atoms with van der Waals surface area (Å²) < 4.78 is 24.7. The van der Waals surface area contributed by atoms with Crippen molar-refractivity contribution in [3.05, 3.63) is 59.9 Å². The Kier molecular flexibility index (Phi) is 6.16. The van der Waals surface area contributed by atoms with Crippen molar-refractivity contribution in [1.82, 2.24) is 20.2 Å². The number of hydrogen-bond donors (Lipinski definition) is 3. The first kappa shape index (κ1) is 22.9. The van der Waals surface area contributed by atoms with E-state index < -0.39 is 17.7 Å². The number of rotatable bonds is 6. The van der Waals surface area contributed by atoms with Gasteiger partial charge in [0.15, 0.2) is 0 Å². The van der Waals surface area contributed by atoms with E-state index in [-0.39, 0.29) is 35.0 Å². The Bertz CT molecular complexity index is 1220. The number of halogens is 1. The van der Waals surface area contributed by atoms with Crippen molar-refractivity contribution in [3.63, 3.8) is 0 Å². The summed E-state index contributed by atoms with van der Waals surface area (Å²) in [6, 6.07) is 9.00. The molecule has 3 unspecified atom stereocenters. The maximum Gasteiger partial charge on any atom is 0.320 e. The molecule has 1 aliphatic carbocycles. The first-order valence-electron chi connectivity index (χ1n) is 11.4. The summed E-state index contributed by atoms with van der Waals surface area (Å²) in [6.07, 6.45) is 5.32. The number of nitrogens with one attached hydrogen (secondary N) is 2. The highest BCUT2D eigenvalue weighted by atomic mass is 19.1. The quantitative estimate of drug-likeness (QED) is 0.478. The maximum absolute atomic E-state index is 13.3. The lowest BCUT2D eigenvalue weighted by Crippen LogP contribution is -2.31. The van der Waals surface area contributed by atoms with E-state index in [4.69, 9.17) is 9.47 Å². The van der Waals surface area contributed by atoms with Crippen LogP contribution >= 0.6 is 0 Å². The summed E-state index contributed by atoms with van der Waals surface area (Å²) in [4.78, 5) is 30.9. The monoisotopic (exact) mass is 481 g/mol. The molecule has 182 valence electrons. The molecule has 0 radical (unpaired) electrons. The Balaban J connectivity index is 1.15. The normalized spacial score (nSPS) is 23.8. The first-order chi connectivity index (χ1) is 16.9. The Labute approximate surface area is 199 Å². The first-order valence-corrected chi connectivity index (χ1v) is 11.4. The molecule has 1 aliphatic heterocycles. The fourth-order valence-corrected chi connectivity index (χ4v) is 4.78. The van der Waals surface area contributed by atoms with Crippen molar-refractivity contribution in [2.45, 2.75) is 38.2 Å². The van der Waals surface area contributed by atoms with Gasteiger partial charge in [-0.1, -0.05) is 11.2 Å². The van der Waals surface area contributed by atoms with Gasteiger partial charge in [0, 0.05) is 6.07 Å². The number of hydrogen-bond acceptors (Lipinski definition) is 7. The molecule has 1 saturated heterocycles. The van der Waals surface area contributed by atoms with Gasteiger partial charge in [0.1, 0.15) is 11.6 Å². The van der Waals surface area contributed by atoms with Crippen LogP contribution in [-0.2, 0) is 9.53 Å². The molecular formula is C24H24FN5O5. The molecule has 11 heteroatoms. The van der Waals surface area contributed by atoms with Gasteiger partial charge in [-0.15, -0.1) is 5.10 Å². The van der Waals surface area contributed by atoms with Crippen LogP contribution in [0.3, 0.4) is 0 Å². The lowest BCUT2D eigenvalue weighted by Gasteiger charge is -2.37. The molecule has 1 amide bonds. The lowest BCUT2D eigenvalue weighted by atomic mass is 9.78. The van der Waals surface area contributed by atoms with E-state index in [0.29, 0.717) is 25.1 Å². The average molecular weight is 481 g/mol. The second-order valence-corrected chi connectivity index (χ2v) is 9.08. The summed E-state index contributed by atoms with van der Waals surface area (Å²) in [5.41, 5.74) is 1.19. The van der Waals surface area contributed by atoms with E-state index in [0.717, 1.165) is 25.0 Å². The minimum atomic E-state index is -0.719. The van der Waals surface area contributed by atoms with Gasteiger partial charge >= 0.3 is 12.0 Å². The zero-order valence-electron chi connectivity index (χ0n) is 18.7. The van der Waals surface area contributed by atoms with E-state index in [2.05, 4.69) is 25.5 Å². The standard InChI is InChI=1S/C24H24FN5O5/c25-15-2-1-3-17(10-15)35-23-28-20(29-30-23)21(31)27-16-4-5-18(26-12-16)19-7-9-24(13-34-19)8-6-14(11-24)22(32)33/h1-5,10,12,14,19H,6-9,11,13H2,(H,27,31)(H,32,33)(H,28,29,30). The molecule has 3 heterocycles. The number of nitrogens with zero attached hydrogens (tertiary/aromatic N) is 3. The van der Waals surface area contributed by atoms with Crippen molar-refractivity contribution in [1.29, 1.82) is 0 Å². The third kappa shape index (κ3) is 5.14. The van der Waals surface area contributed by atoms with Crippen LogP contribution in [0.5, 0.6) is 11.8 Å². The molecule has 3 N–H and O–H groups in total. The lowest BCUT2D eigenvalue weighted by molar-refractivity contribution is -0.142. The molecule has 1 spiro atoms. The molecule has 2 aromatic heterocycles. The predicted molar refractivity (Wildman–Crippen MR) is 120 cm³/mol. The number of H-pyrrole nitrogens is 1. The molecule has 2 aliphatic rings. The van der Waals surface area contributed by atoms with Gasteiger partial charge in [0.05, 0.1) is 36.2 Å². The predicted octanol–water partition coefficient (Wildman–Crippen LogP) is 4.11. The van der Waals surface area contributed by atoms with Crippen LogP contribution < -0.4 is 10.1 Å². The van der Waals surface area contributed by atoms with Crippen molar-refractivity contribution in [2.24, 2.45) is 11.3 Å². The SMILES string of the molecule is O=C(Nc1ccc(C2CCC3(CCC(C(=O)O)C3)CO2)nc1)c1nnc(Oc2cccc(F)c2)[nH]1. The van der Waals surface area contributed by atoms with Crippen molar-refractivity contribution >= 4 is 17.6 Å². The van der Waals surface area contributed by atoms with E-state index >= 15 is 0 Å². The van der Waals surface area contributed by atoms with Crippen LogP contribution in [0.1, 0.15) is 54.5 Å². The number of aliphatic carboxylic acids is 1. The molecule has 1 saturated carbocycles. The fourth-order valence-electron chi connectivity index (χ4n) is 4.78. The zero-order chi connectivity index (χ0) is 24.4. The summed E-state index contributed by atoms with van der Waals surface area (Å²) in [6.45, 7) is 0.535. The fraction of sp³-hybridized carbons (Fsp3) is 0.375. The molecule has 0 bridgehead atoms. The van der Waals surface area contributed by atoms with Crippen LogP contribution in [0.4, 0.5) is 10.1 Å². The van der Waals surface area contributed by atoms with Gasteiger partial charge in [-0.25, -0.2) is 4.39 Å². The Hall–Kier alpha value is -3.86. The molecular weight excluding hydrogens is 457 g/mol. The zero-order valence-corrected chi connectivity index (χ0v) is 18.7. The Morgan fingerprint density at radius 3 is 2.74 bits per heavy atom. The van der Waals surface area contributed by atoms with E-state index in [1.807, 2.05) is 0 Å². The number of carbonyl (C=O) groups excluding carboxylic acids is 1. The summed E-state index contributed by atoms with van der Waals surface area (Å²) in [5, 5.41) is 19.5. The van der Waals surface area contributed by atoms with Crippen LogP contribution in [0.2, 0.25) is 0 Å². The minimum Gasteiger partial charge on any atom is -0.481 e. The Morgan fingerprint density at radius 1 is 1.20 bits per heavy atom. The highest BCUT2D eigenvalue weighted by Crippen LogP contribution is 2.50. The number of amides is 1. The molecule has 2 fully saturated rings. The second kappa shape index (κ2) is 9.41. The molecule has 35 heavy (non-hydrogen) atoms. The molecule has 5 rings (SSSR count). The number of anilines is 1. The van der Waals surface area contributed by atoms with Gasteiger partial charge in [-0.2, -0.15) is 0 Å². The van der Waals surface area contributed by atoms with Crippen molar-refractivity contribution in [3.8, 4) is 11.8 Å². The Morgan fingerprint density at radius 2 is 2.06 bits per heavy atom. The van der Waals surface area contributed by atoms with E-state index in [1.54, 1.807) is 18.2 Å². The third-order valence-corrected chi connectivity index (χ3v) is 6.65. The van der Waals surface area contributed by atoms with Gasteiger partial charge in [-0.05, 0) is 61.8 Å². The number of carboxylic acid groups (broad SMARTS) is 1. The van der Waals surface area contributed by atoms with Crippen LogP contribution in [-0.4, -0.2) is 43.8 Å².